The Balaban J connectivity index is 1.31. The zero-order valence-corrected chi connectivity index (χ0v) is 22.8. The number of aromatic nitrogens is 1. The van der Waals surface area contributed by atoms with E-state index in [-0.39, 0.29) is 6.42 Å². The number of aliphatic hydroxyl groups excluding tert-OH is 1. The highest BCUT2D eigenvalue weighted by Gasteiger charge is 2.30. The van der Waals surface area contributed by atoms with Gasteiger partial charge in [0.15, 0.2) is 0 Å². The molecule has 3 aromatic rings. The maximum atomic E-state index is 11.4. The highest BCUT2D eigenvalue weighted by atomic mass is 16.5. The summed E-state index contributed by atoms with van der Waals surface area (Å²) >= 11 is 0. The summed E-state index contributed by atoms with van der Waals surface area (Å²) in [5.74, 6) is 0.795. The van der Waals surface area contributed by atoms with Crippen LogP contribution in [0.25, 0.3) is 10.9 Å². The minimum Gasteiger partial charge on any atom is -0.497 e. The molecular weight excluding hydrogens is 476 g/mol. The van der Waals surface area contributed by atoms with Crippen LogP contribution in [-0.2, 0) is 11.2 Å². The van der Waals surface area contributed by atoms with Gasteiger partial charge in [-0.2, -0.15) is 0 Å². The number of aryl methyl sites for hydroxylation is 2. The summed E-state index contributed by atoms with van der Waals surface area (Å²) in [5, 5.41) is 21.4. The summed E-state index contributed by atoms with van der Waals surface area (Å²) in [5.41, 5.74) is 4.41. The van der Waals surface area contributed by atoms with Crippen molar-refractivity contribution in [2.24, 2.45) is 11.8 Å². The lowest BCUT2D eigenvalue weighted by atomic mass is 9.79. The van der Waals surface area contributed by atoms with Crippen LogP contribution in [0.5, 0.6) is 5.75 Å². The van der Waals surface area contributed by atoms with Crippen molar-refractivity contribution < 1.29 is 19.7 Å². The van der Waals surface area contributed by atoms with Gasteiger partial charge in [-0.15, -0.1) is 0 Å². The Labute approximate surface area is 226 Å². The fourth-order valence-electron chi connectivity index (χ4n) is 5.89. The number of hydrogen-bond donors (Lipinski definition) is 2. The van der Waals surface area contributed by atoms with Gasteiger partial charge in [-0.3, -0.25) is 9.78 Å². The number of hydrogen-bond acceptors (Lipinski definition) is 5. The number of nitrogens with zero attached hydrogens (tertiary/aromatic N) is 2. The van der Waals surface area contributed by atoms with Crippen molar-refractivity contribution in [3.05, 3.63) is 71.4 Å². The zero-order valence-electron chi connectivity index (χ0n) is 22.8. The largest absolute Gasteiger partial charge is 0.497 e. The number of piperidine rings is 1. The predicted octanol–water partition coefficient (Wildman–Crippen LogP) is 6.19. The molecule has 0 saturated carbocycles. The zero-order chi connectivity index (χ0) is 26.9. The molecule has 1 aromatic heterocycles. The van der Waals surface area contributed by atoms with Gasteiger partial charge in [-0.1, -0.05) is 29.8 Å². The van der Waals surface area contributed by atoms with Crippen molar-refractivity contribution in [2.45, 2.75) is 64.4 Å². The molecule has 3 atom stereocenters. The number of carboxylic acids is 1. The van der Waals surface area contributed by atoms with Gasteiger partial charge in [0.2, 0.25) is 0 Å². The third kappa shape index (κ3) is 7.78. The highest BCUT2D eigenvalue weighted by Crippen LogP contribution is 2.35. The van der Waals surface area contributed by atoms with E-state index in [2.05, 4.69) is 41.1 Å². The Morgan fingerprint density at radius 1 is 1.11 bits per heavy atom. The first kappa shape index (κ1) is 28.1. The second-order valence-electron chi connectivity index (χ2n) is 10.9. The Hall–Kier alpha value is -2.96. The minimum absolute atomic E-state index is 0.208. The molecule has 0 amide bonds. The number of methoxy groups -OCH3 is 1. The molecule has 0 unspecified atom stereocenters. The Bertz CT molecular complexity index is 1180. The first-order valence-corrected chi connectivity index (χ1v) is 14.0. The maximum absolute atomic E-state index is 11.4. The molecule has 1 aliphatic heterocycles. The first-order valence-electron chi connectivity index (χ1n) is 14.0. The Kier molecular flexibility index (Phi) is 10.1. The van der Waals surface area contributed by atoms with Crippen LogP contribution in [-0.4, -0.2) is 52.8 Å². The topological polar surface area (TPSA) is 82.9 Å². The number of carboxylic acid groups (broad SMARTS) is 1. The molecule has 38 heavy (non-hydrogen) atoms. The van der Waals surface area contributed by atoms with Gasteiger partial charge in [0.25, 0.3) is 0 Å². The van der Waals surface area contributed by atoms with Crippen LogP contribution in [0.3, 0.4) is 0 Å². The summed E-state index contributed by atoms with van der Waals surface area (Å²) in [6.07, 6.45) is 8.09. The molecule has 2 heterocycles. The summed E-state index contributed by atoms with van der Waals surface area (Å²) in [7, 11) is 1.64. The van der Waals surface area contributed by atoms with Gasteiger partial charge in [0.05, 0.1) is 18.7 Å². The quantitative estimate of drug-likeness (QED) is 0.263. The number of carbonyl (C=O) groups is 1. The van der Waals surface area contributed by atoms with E-state index in [1.165, 1.54) is 17.5 Å². The van der Waals surface area contributed by atoms with Crippen molar-refractivity contribution in [2.75, 3.05) is 26.7 Å². The number of ether oxygens (including phenoxy) is 1. The van der Waals surface area contributed by atoms with E-state index < -0.39 is 12.1 Å². The molecule has 6 nitrogen and oxygen atoms in total. The summed E-state index contributed by atoms with van der Waals surface area (Å²) in [6.45, 7) is 5.18. The van der Waals surface area contributed by atoms with Crippen LogP contribution in [0.4, 0.5) is 0 Å². The normalized spacial score (nSPS) is 18.9. The number of aliphatic carboxylic acids is 1. The van der Waals surface area contributed by atoms with Crippen LogP contribution in [0.1, 0.15) is 67.7 Å². The van der Waals surface area contributed by atoms with Crippen LogP contribution in [0.2, 0.25) is 0 Å². The van der Waals surface area contributed by atoms with E-state index in [0.717, 1.165) is 67.5 Å². The van der Waals surface area contributed by atoms with E-state index in [9.17, 15) is 15.0 Å². The van der Waals surface area contributed by atoms with Crippen molar-refractivity contribution >= 4 is 16.9 Å². The van der Waals surface area contributed by atoms with Crippen LogP contribution in [0.15, 0.2) is 54.7 Å². The molecule has 0 spiro atoms. The molecule has 0 aliphatic carbocycles. The van der Waals surface area contributed by atoms with Crippen molar-refractivity contribution in [1.82, 2.24) is 9.88 Å². The summed E-state index contributed by atoms with van der Waals surface area (Å²) in [4.78, 5) is 18.3. The summed E-state index contributed by atoms with van der Waals surface area (Å²) in [6, 6.07) is 16.4. The smallest absolute Gasteiger partial charge is 0.303 e. The lowest BCUT2D eigenvalue weighted by Crippen LogP contribution is -2.41. The fourth-order valence-corrected chi connectivity index (χ4v) is 5.89. The van der Waals surface area contributed by atoms with E-state index >= 15 is 0 Å². The molecule has 2 aromatic carbocycles. The van der Waals surface area contributed by atoms with E-state index in [4.69, 9.17) is 4.74 Å². The molecular formula is C32H42N2O4. The molecule has 2 N–H and O–H groups in total. The minimum atomic E-state index is -0.726. The van der Waals surface area contributed by atoms with Gasteiger partial charge in [0.1, 0.15) is 5.75 Å². The third-order valence-corrected chi connectivity index (χ3v) is 8.17. The standard InChI is InChI=1S/C32H42N2O4/c1-23-6-8-24(9-7-23)5-3-4-19-34-20-17-25(26(22-34)11-15-32(36)37)10-14-31(35)28-16-18-33-30-13-12-27(38-2)21-29(28)30/h6-9,12-13,16,18,21,25-26,31,35H,3-5,10-11,14-15,17,19-20,22H2,1-2H3,(H,36,37)/t25-,26-,31-/m1/s1. The number of pyridine rings is 1. The lowest BCUT2D eigenvalue weighted by Gasteiger charge is -2.39. The first-order chi connectivity index (χ1) is 18.4. The maximum Gasteiger partial charge on any atom is 0.303 e. The van der Waals surface area contributed by atoms with E-state index in [0.29, 0.717) is 24.7 Å². The van der Waals surface area contributed by atoms with Crippen molar-refractivity contribution in [1.29, 1.82) is 0 Å². The Morgan fingerprint density at radius 2 is 1.92 bits per heavy atom. The van der Waals surface area contributed by atoms with E-state index in [1.54, 1.807) is 13.3 Å². The monoisotopic (exact) mass is 518 g/mol. The van der Waals surface area contributed by atoms with Crippen molar-refractivity contribution in [3.8, 4) is 5.75 Å². The number of likely N-dealkylation sites (tertiary alicyclic amines) is 1. The van der Waals surface area contributed by atoms with Gasteiger partial charge < -0.3 is 19.8 Å². The van der Waals surface area contributed by atoms with Crippen LogP contribution < -0.4 is 4.74 Å². The number of fused-ring (bicyclic) bond motifs is 1. The molecule has 4 rings (SSSR count). The number of unbranched alkanes of at least 4 members (excludes halogenated alkanes) is 1. The number of aliphatic hydroxyl groups is 1. The van der Waals surface area contributed by atoms with Crippen LogP contribution >= 0.6 is 0 Å². The van der Waals surface area contributed by atoms with Gasteiger partial charge in [-0.05, 0) is 112 Å². The second-order valence-corrected chi connectivity index (χ2v) is 10.9. The van der Waals surface area contributed by atoms with Crippen LogP contribution in [0, 0.1) is 18.8 Å². The SMILES string of the molecule is COc1ccc2nccc([C@H](O)CC[C@@H]3CCN(CCCCc4ccc(C)cc4)C[C@H]3CCC(=O)O)c2c1. The molecule has 0 radical (unpaired) electrons. The number of rotatable bonds is 13. The predicted molar refractivity (Wildman–Crippen MR) is 152 cm³/mol. The lowest BCUT2D eigenvalue weighted by molar-refractivity contribution is -0.137. The third-order valence-electron chi connectivity index (χ3n) is 8.17. The van der Waals surface area contributed by atoms with Gasteiger partial charge in [0, 0.05) is 24.5 Å². The molecule has 204 valence electrons. The molecule has 1 fully saturated rings. The van der Waals surface area contributed by atoms with Gasteiger partial charge in [-0.25, -0.2) is 0 Å². The summed E-state index contributed by atoms with van der Waals surface area (Å²) < 4.78 is 5.38. The Morgan fingerprint density at radius 3 is 2.68 bits per heavy atom. The number of benzene rings is 2. The average molecular weight is 519 g/mol. The average Bonchev–Trinajstić information content (AvgIpc) is 2.93. The van der Waals surface area contributed by atoms with Gasteiger partial charge >= 0.3 is 5.97 Å². The second kappa shape index (κ2) is 13.7. The molecule has 0 bridgehead atoms. The molecule has 1 aliphatic rings. The molecule has 1 saturated heterocycles. The fraction of sp³-hybridized carbons (Fsp3) is 0.500. The highest BCUT2D eigenvalue weighted by molar-refractivity contribution is 5.83. The van der Waals surface area contributed by atoms with Crippen molar-refractivity contribution in [3.63, 3.8) is 0 Å². The van der Waals surface area contributed by atoms with E-state index in [1.807, 2.05) is 24.3 Å². The molecule has 6 heteroatoms.